The van der Waals surface area contributed by atoms with Crippen molar-refractivity contribution in [3.8, 4) is 11.1 Å². The number of hydrogen-bond donors (Lipinski definition) is 0. The molecule has 0 N–H and O–H groups in total. The van der Waals surface area contributed by atoms with Gasteiger partial charge >= 0.3 is 5.97 Å². The monoisotopic (exact) mass is 286 g/mol. The van der Waals surface area contributed by atoms with Crippen LogP contribution >= 0.6 is 0 Å². The number of rotatable bonds is 2. The number of benzene rings is 3. The lowest BCUT2D eigenvalue weighted by atomic mass is 9.91. The average molecular weight is 286 g/mol. The van der Waals surface area contributed by atoms with Gasteiger partial charge in [0.05, 0.1) is 5.56 Å². The second-order valence-electron chi connectivity index (χ2n) is 5.33. The highest BCUT2D eigenvalue weighted by Gasteiger charge is 2.34. The molecule has 3 aromatic rings. The van der Waals surface area contributed by atoms with Gasteiger partial charge in [0.25, 0.3) is 0 Å². The summed E-state index contributed by atoms with van der Waals surface area (Å²) in [6.45, 7) is 0. The molecule has 106 valence electrons. The Bertz CT molecular complexity index is 823. The zero-order chi connectivity index (χ0) is 14.9. The molecule has 3 aromatic carbocycles. The van der Waals surface area contributed by atoms with Crippen LogP contribution in [0, 0.1) is 0 Å². The molecule has 2 heteroatoms. The Morgan fingerprint density at radius 2 is 1.32 bits per heavy atom. The number of hydrogen-bond acceptors (Lipinski definition) is 2. The Morgan fingerprint density at radius 3 is 2.05 bits per heavy atom. The Labute approximate surface area is 129 Å². The van der Waals surface area contributed by atoms with Crippen LogP contribution in [0.1, 0.15) is 27.6 Å². The number of cyclic esters (lactones) is 1. The SMILES string of the molecule is O=C1OC(c2ccccc2)c2c1cccc2-c1ccccc1. The van der Waals surface area contributed by atoms with Crippen LogP contribution in [0.5, 0.6) is 0 Å². The molecule has 0 fully saturated rings. The van der Waals surface area contributed by atoms with E-state index in [0.717, 1.165) is 22.3 Å². The fraction of sp³-hybridized carbons (Fsp3) is 0.0500. The molecule has 1 unspecified atom stereocenters. The third-order valence-electron chi connectivity index (χ3n) is 4.00. The van der Waals surface area contributed by atoms with E-state index >= 15 is 0 Å². The molecule has 22 heavy (non-hydrogen) atoms. The van der Waals surface area contributed by atoms with Gasteiger partial charge in [0, 0.05) is 5.56 Å². The van der Waals surface area contributed by atoms with Crippen molar-refractivity contribution in [1.82, 2.24) is 0 Å². The molecule has 1 atom stereocenters. The van der Waals surface area contributed by atoms with E-state index in [1.165, 1.54) is 0 Å². The minimum atomic E-state index is -0.333. The van der Waals surface area contributed by atoms with Gasteiger partial charge in [-0.3, -0.25) is 0 Å². The molecule has 4 rings (SSSR count). The fourth-order valence-corrected chi connectivity index (χ4v) is 2.99. The summed E-state index contributed by atoms with van der Waals surface area (Å²) in [4.78, 5) is 12.2. The van der Waals surface area contributed by atoms with Gasteiger partial charge in [-0.1, -0.05) is 72.8 Å². The molecule has 0 saturated heterocycles. The second-order valence-corrected chi connectivity index (χ2v) is 5.33. The maximum Gasteiger partial charge on any atom is 0.339 e. The number of carbonyl (C=O) groups is 1. The van der Waals surface area contributed by atoms with E-state index in [4.69, 9.17) is 4.74 Å². The molecule has 0 amide bonds. The summed E-state index contributed by atoms with van der Waals surface area (Å²) in [6, 6.07) is 25.8. The summed E-state index contributed by atoms with van der Waals surface area (Å²) < 4.78 is 5.64. The molecule has 1 heterocycles. The molecule has 0 aliphatic carbocycles. The van der Waals surface area contributed by atoms with Gasteiger partial charge in [-0.2, -0.15) is 0 Å². The van der Waals surface area contributed by atoms with Crippen LogP contribution in [0.15, 0.2) is 78.9 Å². The van der Waals surface area contributed by atoms with Gasteiger partial charge in [0.15, 0.2) is 6.10 Å². The zero-order valence-electron chi connectivity index (χ0n) is 11.9. The summed E-state index contributed by atoms with van der Waals surface area (Å²) in [5.74, 6) is -0.248. The second kappa shape index (κ2) is 5.15. The topological polar surface area (TPSA) is 26.3 Å². The molecule has 1 aliphatic heterocycles. The van der Waals surface area contributed by atoms with Gasteiger partial charge in [-0.25, -0.2) is 4.79 Å². The Morgan fingerprint density at radius 1 is 0.682 bits per heavy atom. The van der Waals surface area contributed by atoms with Crippen LogP contribution in [0.2, 0.25) is 0 Å². The summed E-state index contributed by atoms with van der Waals surface area (Å²) >= 11 is 0. The summed E-state index contributed by atoms with van der Waals surface area (Å²) in [5, 5.41) is 0. The van der Waals surface area contributed by atoms with Crippen LogP contribution in [0.25, 0.3) is 11.1 Å². The molecule has 0 spiro atoms. The zero-order valence-corrected chi connectivity index (χ0v) is 11.9. The van der Waals surface area contributed by atoms with Crippen molar-refractivity contribution in [3.63, 3.8) is 0 Å². The fourth-order valence-electron chi connectivity index (χ4n) is 2.99. The minimum Gasteiger partial charge on any atom is -0.449 e. The summed E-state index contributed by atoms with van der Waals surface area (Å²) in [5.41, 5.74) is 4.77. The van der Waals surface area contributed by atoms with E-state index in [-0.39, 0.29) is 12.1 Å². The van der Waals surface area contributed by atoms with Crippen molar-refractivity contribution >= 4 is 5.97 Å². The maximum atomic E-state index is 12.2. The van der Waals surface area contributed by atoms with E-state index in [9.17, 15) is 4.79 Å². The first-order valence-electron chi connectivity index (χ1n) is 7.29. The van der Waals surface area contributed by atoms with Crippen molar-refractivity contribution in [2.45, 2.75) is 6.10 Å². The van der Waals surface area contributed by atoms with Gasteiger partial charge in [0.2, 0.25) is 0 Å². The van der Waals surface area contributed by atoms with Crippen molar-refractivity contribution in [2.24, 2.45) is 0 Å². The van der Waals surface area contributed by atoms with E-state index in [1.54, 1.807) is 0 Å². The van der Waals surface area contributed by atoms with E-state index in [1.807, 2.05) is 66.7 Å². The van der Waals surface area contributed by atoms with E-state index < -0.39 is 0 Å². The highest BCUT2D eigenvalue weighted by molar-refractivity contribution is 5.97. The molecule has 0 saturated carbocycles. The molecule has 0 radical (unpaired) electrons. The molecule has 0 aromatic heterocycles. The third kappa shape index (κ3) is 2.01. The van der Waals surface area contributed by atoms with Gasteiger partial charge < -0.3 is 4.74 Å². The van der Waals surface area contributed by atoms with Crippen molar-refractivity contribution < 1.29 is 9.53 Å². The molecule has 0 bridgehead atoms. The van der Waals surface area contributed by atoms with Gasteiger partial charge in [0.1, 0.15) is 0 Å². The molecular formula is C20H14O2. The van der Waals surface area contributed by atoms with Crippen molar-refractivity contribution in [3.05, 3.63) is 95.6 Å². The Kier molecular flexibility index (Phi) is 3.01. The van der Waals surface area contributed by atoms with Crippen LogP contribution in [-0.4, -0.2) is 5.97 Å². The van der Waals surface area contributed by atoms with E-state index in [2.05, 4.69) is 12.1 Å². The number of fused-ring (bicyclic) bond motifs is 1. The normalized spacial score (nSPS) is 16.2. The summed E-state index contributed by atoms with van der Waals surface area (Å²) in [6.07, 6.45) is -0.333. The lowest BCUT2D eigenvalue weighted by molar-refractivity contribution is 0.0456. The van der Waals surface area contributed by atoms with Gasteiger partial charge in [-0.05, 0) is 22.8 Å². The maximum absolute atomic E-state index is 12.2. The average Bonchev–Trinajstić information content (AvgIpc) is 2.94. The lowest BCUT2D eigenvalue weighted by Crippen LogP contribution is -2.01. The number of esters is 1. The first kappa shape index (κ1) is 12.8. The Hall–Kier alpha value is -2.87. The van der Waals surface area contributed by atoms with Gasteiger partial charge in [-0.15, -0.1) is 0 Å². The largest absolute Gasteiger partial charge is 0.449 e. The quantitative estimate of drug-likeness (QED) is 0.643. The smallest absolute Gasteiger partial charge is 0.339 e. The van der Waals surface area contributed by atoms with Crippen LogP contribution in [-0.2, 0) is 4.74 Å². The van der Waals surface area contributed by atoms with Crippen molar-refractivity contribution in [2.75, 3.05) is 0 Å². The number of ether oxygens (including phenoxy) is 1. The minimum absolute atomic E-state index is 0.248. The predicted octanol–water partition coefficient (Wildman–Crippen LogP) is 4.61. The number of carbonyl (C=O) groups excluding carboxylic acids is 1. The van der Waals surface area contributed by atoms with E-state index in [0.29, 0.717) is 5.56 Å². The van der Waals surface area contributed by atoms with Crippen LogP contribution < -0.4 is 0 Å². The highest BCUT2D eigenvalue weighted by Crippen LogP contribution is 2.41. The van der Waals surface area contributed by atoms with Crippen LogP contribution in [0.4, 0.5) is 0 Å². The standard InChI is InChI=1S/C20H14O2/c21-20-17-13-7-12-16(14-8-3-1-4-9-14)18(17)19(22-20)15-10-5-2-6-11-15/h1-13,19H. The molecule has 2 nitrogen and oxygen atoms in total. The predicted molar refractivity (Wildman–Crippen MR) is 85.6 cm³/mol. The first-order chi connectivity index (χ1) is 10.8. The summed E-state index contributed by atoms with van der Waals surface area (Å²) in [7, 11) is 0. The molecule has 1 aliphatic rings. The highest BCUT2D eigenvalue weighted by atomic mass is 16.5. The third-order valence-corrected chi connectivity index (χ3v) is 4.00. The van der Waals surface area contributed by atoms with Crippen LogP contribution in [0.3, 0.4) is 0 Å². The van der Waals surface area contributed by atoms with Crippen molar-refractivity contribution in [1.29, 1.82) is 0 Å². The molecular weight excluding hydrogens is 272 g/mol. The lowest BCUT2D eigenvalue weighted by Gasteiger charge is -2.15. The Balaban J connectivity index is 1.93. The first-order valence-corrected chi connectivity index (χ1v) is 7.29.